The summed E-state index contributed by atoms with van der Waals surface area (Å²) in [7, 11) is -3.42. The predicted octanol–water partition coefficient (Wildman–Crippen LogP) is 5.55. The molecule has 126 valence electrons. The van der Waals surface area contributed by atoms with Crippen molar-refractivity contribution >= 4 is 26.0 Å². The summed E-state index contributed by atoms with van der Waals surface area (Å²) in [5, 5.41) is 0. The van der Waals surface area contributed by atoms with E-state index in [4.69, 9.17) is 4.18 Å². The van der Waals surface area contributed by atoms with Crippen LogP contribution in [0.1, 0.15) is 78.1 Å². The minimum absolute atomic E-state index is 0.361. The lowest BCUT2D eigenvalue weighted by Gasteiger charge is -2.15. The Morgan fingerprint density at radius 1 is 1.05 bits per heavy atom. The van der Waals surface area contributed by atoms with Crippen LogP contribution in [-0.2, 0) is 14.3 Å². The molecular weight excluding hydrogens is 352 g/mol. The third-order valence-electron chi connectivity index (χ3n) is 3.32. The maximum Gasteiger partial charge on any atom is 0.264 e. The fourth-order valence-electron chi connectivity index (χ4n) is 2.13. The van der Waals surface area contributed by atoms with Gasteiger partial charge < -0.3 is 0 Å². The molecule has 0 aliphatic carbocycles. The zero-order valence-corrected chi connectivity index (χ0v) is 16.1. The van der Waals surface area contributed by atoms with Gasteiger partial charge in [-0.3, -0.25) is 4.18 Å². The van der Waals surface area contributed by atoms with Crippen molar-refractivity contribution in [2.24, 2.45) is 0 Å². The molecule has 1 atom stereocenters. The van der Waals surface area contributed by atoms with E-state index in [9.17, 15) is 8.42 Å². The number of hydrogen-bond donors (Lipinski definition) is 0. The lowest BCUT2D eigenvalue weighted by molar-refractivity contribution is 0.240. The fraction of sp³-hybridized carbons (Fsp3) is 0.875. The minimum atomic E-state index is -3.42. The van der Waals surface area contributed by atoms with Gasteiger partial charge in [0.2, 0.25) is 0 Å². The number of halogens is 1. The Morgan fingerprint density at radius 2 is 1.62 bits per heavy atom. The number of allylic oxidation sites excluding steroid dienone is 1. The van der Waals surface area contributed by atoms with Gasteiger partial charge in [-0.25, -0.2) is 0 Å². The van der Waals surface area contributed by atoms with E-state index < -0.39 is 10.1 Å². The van der Waals surface area contributed by atoms with E-state index >= 15 is 0 Å². The topological polar surface area (TPSA) is 43.4 Å². The second-order valence-electron chi connectivity index (χ2n) is 5.58. The molecule has 0 saturated heterocycles. The molecule has 0 heterocycles. The number of unbranched alkanes of at least 4 members (excludes halogenated alkanes) is 7. The smallest absolute Gasteiger partial charge is 0.262 e. The van der Waals surface area contributed by atoms with Crippen molar-refractivity contribution in [1.29, 1.82) is 0 Å². The third kappa shape index (κ3) is 13.5. The Bertz CT molecular complexity index is 377. The van der Waals surface area contributed by atoms with Gasteiger partial charge in [-0.2, -0.15) is 8.42 Å². The Labute approximate surface area is 139 Å². The van der Waals surface area contributed by atoms with Crippen LogP contribution in [0.5, 0.6) is 0 Å². The zero-order valence-electron chi connectivity index (χ0n) is 13.7. The van der Waals surface area contributed by atoms with E-state index in [0.29, 0.717) is 0 Å². The van der Waals surface area contributed by atoms with Gasteiger partial charge in [0, 0.05) is 4.48 Å². The maximum absolute atomic E-state index is 11.3. The molecule has 0 N–H and O–H groups in total. The van der Waals surface area contributed by atoms with E-state index in [1.807, 2.05) is 0 Å². The van der Waals surface area contributed by atoms with Crippen LogP contribution in [0.15, 0.2) is 10.6 Å². The van der Waals surface area contributed by atoms with Gasteiger partial charge in [-0.15, -0.1) is 0 Å². The monoisotopic (exact) mass is 382 g/mol. The fourth-order valence-corrected chi connectivity index (χ4v) is 3.43. The molecule has 0 aromatic heterocycles. The van der Waals surface area contributed by atoms with Crippen LogP contribution in [0.4, 0.5) is 0 Å². The highest BCUT2D eigenvalue weighted by Gasteiger charge is 2.17. The van der Waals surface area contributed by atoms with Crippen molar-refractivity contribution in [1.82, 2.24) is 0 Å². The van der Waals surface area contributed by atoms with Crippen molar-refractivity contribution in [2.45, 2.75) is 84.2 Å². The van der Waals surface area contributed by atoms with E-state index in [1.165, 1.54) is 32.1 Å². The largest absolute Gasteiger partial charge is 0.264 e. The summed E-state index contributed by atoms with van der Waals surface area (Å²) in [4.78, 5) is 0. The van der Waals surface area contributed by atoms with Gasteiger partial charge in [-0.1, -0.05) is 80.8 Å². The second kappa shape index (κ2) is 12.7. The van der Waals surface area contributed by atoms with E-state index in [1.54, 1.807) is 0 Å². The first kappa shape index (κ1) is 21.1. The molecule has 1 unspecified atom stereocenters. The molecule has 0 rings (SSSR count). The molecule has 0 amide bonds. The molecule has 0 spiro atoms. The normalized spacial score (nSPS) is 14.4. The molecular formula is C16H31BrO3S. The molecule has 21 heavy (non-hydrogen) atoms. The van der Waals surface area contributed by atoms with Crippen LogP contribution in [0.2, 0.25) is 0 Å². The molecule has 0 radical (unpaired) electrons. The van der Waals surface area contributed by atoms with Crippen molar-refractivity contribution in [2.75, 3.05) is 6.26 Å². The summed E-state index contributed by atoms with van der Waals surface area (Å²) in [5.41, 5.74) is 0. The standard InChI is InChI=1S/C16H31BrO3S/c1-4-6-8-9-10-11-12-13-15(17)16(14-7-5-2)20-21(3,18)19/h13,16H,4-12,14H2,1-3H3/b15-13-. The summed E-state index contributed by atoms with van der Waals surface area (Å²) >= 11 is 3.49. The summed E-state index contributed by atoms with van der Waals surface area (Å²) in [6, 6.07) is 0. The average molecular weight is 383 g/mol. The highest BCUT2D eigenvalue weighted by atomic mass is 79.9. The SMILES string of the molecule is CCCCCCCC/C=C(\Br)C(CCCC)OS(C)(=O)=O. The van der Waals surface area contributed by atoms with Gasteiger partial charge in [0.05, 0.1) is 6.26 Å². The van der Waals surface area contributed by atoms with Crippen LogP contribution in [0.3, 0.4) is 0 Å². The van der Waals surface area contributed by atoms with Gasteiger partial charge in [-0.05, 0) is 19.3 Å². The third-order valence-corrected chi connectivity index (χ3v) is 4.73. The van der Waals surface area contributed by atoms with Crippen molar-refractivity contribution in [3.8, 4) is 0 Å². The summed E-state index contributed by atoms with van der Waals surface area (Å²) in [6.07, 6.45) is 14.1. The average Bonchev–Trinajstić information content (AvgIpc) is 2.41. The number of hydrogen-bond acceptors (Lipinski definition) is 3. The van der Waals surface area contributed by atoms with E-state index in [2.05, 4.69) is 35.9 Å². The second-order valence-corrected chi connectivity index (χ2v) is 8.09. The van der Waals surface area contributed by atoms with Crippen LogP contribution in [-0.4, -0.2) is 20.8 Å². The molecule has 0 aromatic rings. The first-order chi connectivity index (χ1) is 9.90. The van der Waals surface area contributed by atoms with Gasteiger partial charge in [0.25, 0.3) is 10.1 Å². The molecule has 0 aliphatic heterocycles. The lowest BCUT2D eigenvalue weighted by Crippen LogP contribution is -2.17. The maximum atomic E-state index is 11.3. The molecule has 0 bridgehead atoms. The molecule has 0 fully saturated rings. The van der Waals surface area contributed by atoms with Crippen LogP contribution < -0.4 is 0 Å². The molecule has 0 saturated carbocycles. The predicted molar refractivity (Wildman–Crippen MR) is 94.2 cm³/mol. The van der Waals surface area contributed by atoms with E-state index in [-0.39, 0.29) is 6.10 Å². The van der Waals surface area contributed by atoms with Gasteiger partial charge >= 0.3 is 0 Å². The summed E-state index contributed by atoms with van der Waals surface area (Å²) < 4.78 is 28.7. The molecule has 0 aromatic carbocycles. The Kier molecular flexibility index (Phi) is 12.7. The first-order valence-corrected chi connectivity index (χ1v) is 10.8. The summed E-state index contributed by atoms with van der Waals surface area (Å²) in [6.45, 7) is 4.31. The van der Waals surface area contributed by atoms with Gasteiger partial charge in [0.15, 0.2) is 0 Å². The van der Waals surface area contributed by atoms with Crippen LogP contribution in [0.25, 0.3) is 0 Å². The molecule has 5 heteroatoms. The Morgan fingerprint density at radius 3 is 2.19 bits per heavy atom. The minimum Gasteiger partial charge on any atom is -0.262 e. The van der Waals surface area contributed by atoms with E-state index in [0.717, 1.165) is 42.8 Å². The Hall–Kier alpha value is 0.130. The Balaban J connectivity index is 4.18. The lowest BCUT2D eigenvalue weighted by atomic mass is 10.1. The highest BCUT2D eigenvalue weighted by Crippen LogP contribution is 2.23. The van der Waals surface area contributed by atoms with Crippen molar-refractivity contribution in [3.63, 3.8) is 0 Å². The van der Waals surface area contributed by atoms with Crippen molar-refractivity contribution in [3.05, 3.63) is 10.6 Å². The van der Waals surface area contributed by atoms with Crippen LogP contribution in [0, 0.1) is 0 Å². The van der Waals surface area contributed by atoms with Crippen LogP contribution >= 0.6 is 15.9 Å². The first-order valence-electron chi connectivity index (χ1n) is 8.14. The van der Waals surface area contributed by atoms with Crippen molar-refractivity contribution < 1.29 is 12.6 Å². The number of rotatable bonds is 13. The molecule has 3 nitrogen and oxygen atoms in total. The van der Waals surface area contributed by atoms with Gasteiger partial charge in [0.1, 0.15) is 6.10 Å². The summed E-state index contributed by atoms with van der Waals surface area (Å²) in [5.74, 6) is 0. The quantitative estimate of drug-likeness (QED) is 0.309. The highest BCUT2D eigenvalue weighted by molar-refractivity contribution is 9.11. The zero-order chi connectivity index (χ0) is 16.1. The molecule has 0 aliphatic rings.